The fraction of sp³-hybridized carbons (Fsp3) is 0.111. The van der Waals surface area contributed by atoms with Gasteiger partial charge in [-0.1, -0.05) is 11.6 Å². The number of hydrogen-bond acceptors (Lipinski definition) is 4. The van der Waals surface area contributed by atoms with Crippen LogP contribution in [0.3, 0.4) is 0 Å². The molecule has 0 amide bonds. The zero-order chi connectivity index (χ0) is 10.7. The molecule has 6 heteroatoms. The number of hydrogen-bond donors (Lipinski definition) is 1. The molecular formula is C9H7BrClN3O. The third-order valence-corrected chi connectivity index (χ3v) is 2.48. The first kappa shape index (κ1) is 10.4. The predicted molar refractivity (Wildman–Crippen MR) is 60.8 cm³/mol. The molecule has 0 atom stereocenters. The second-order valence-electron chi connectivity index (χ2n) is 2.81. The highest BCUT2D eigenvalue weighted by Crippen LogP contribution is 2.23. The van der Waals surface area contributed by atoms with E-state index in [2.05, 4.69) is 31.2 Å². The summed E-state index contributed by atoms with van der Waals surface area (Å²) in [6.07, 6.45) is 4.67. The largest absolute Gasteiger partial charge is 0.447 e. The van der Waals surface area contributed by atoms with Gasteiger partial charge in [0.15, 0.2) is 11.5 Å². The second-order valence-corrected chi connectivity index (χ2v) is 4.09. The van der Waals surface area contributed by atoms with Gasteiger partial charge >= 0.3 is 0 Å². The molecule has 0 spiro atoms. The summed E-state index contributed by atoms with van der Waals surface area (Å²) < 4.78 is 5.94. The van der Waals surface area contributed by atoms with Crippen LogP contribution in [0.2, 0.25) is 5.15 Å². The van der Waals surface area contributed by atoms with Crippen molar-refractivity contribution < 1.29 is 4.42 Å². The molecule has 0 saturated carbocycles. The molecule has 0 fully saturated rings. The van der Waals surface area contributed by atoms with Gasteiger partial charge in [-0.2, -0.15) is 0 Å². The molecule has 0 radical (unpaired) electrons. The topological polar surface area (TPSA) is 51.0 Å². The summed E-state index contributed by atoms with van der Waals surface area (Å²) in [5, 5.41) is 3.53. The van der Waals surface area contributed by atoms with Crippen LogP contribution in [0.5, 0.6) is 0 Å². The van der Waals surface area contributed by atoms with Gasteiger partial charge in [-0.25, -0.2) is 9.97 Å². The number of nitrogens with zero attached hydrogens (tertiary/aromatic N) is 2. The van der Waals surface area contributed by atoms with E-state index in [0.29, 0.717) is 11.7 Å². The SMILES string of the molecule is Clc1ncc(Br)cc1NCc1cnco1. The Morgan fingerprint density at radius 3 is 3.07 bits per heavy atom. The lowest BCUT2D eigenvalue weighted by atomic mass is 10.4. The molecule has 0 aromatic carbocycles. The minimum absolute atomic E-state index is 0.428. The van der Waals surface area contributed by atoms with Crippen LogP contribution < -0.4 is 5.32 Å². The fourth-order valence-corrected chi connectivity index (χ4v) is 1.56. The van der Waals surface area contributed by atoms with Crippen LogP contribution in [-0.4, -0.2) is 9.97 Å². The van der Waals surface area contributed by atoms with Gasteiger partial charge in [0.25, 0.3) is 0 Å². The minimum Gasteiger partial charge on any atom is -0.447 e. The molecule has 0 unspecified atom stereocenters. The summed E-state index contributed by atoms with van der Waals surface area (Å²) in [6.45, 7) is 0.526. The highest BCUT2D eigenvalue weighted by molar-refractivity contribution is 9.10. The van der Waals surface area contributed by atoms with Crippen LogP contribution in [0.4, 0.5) is 5.69 Å². The molecule has 4 nitrogen and oxygen atoms in total. The maximum Gasteiger partial charge on any atom is 0.180 e. The van der Waals surface area contributed by atoms with Gasteiger partial charge in [0.2, 0.25) is 0 Å². The second kappa shape index (κ2) is 4.63. The average molecular weight is 289 g/mol. The Morgan fingerprint density at radius 2 is 2.33 bits per heavy atom. The molecule has 2 heterocycles. The van der Waals surface area contributed by atoms with Crippen LogP contribution in [0.1, 0.15) is 5.76 Å². The van der Waals surface area contributed by atoms with E-state index in [9.17, 15) is 0 Å². The van der Waals surface area contributed by atoms with Crippen molar-refractivity contribution in [1.29, 1.82) is 0 Å². The number of nitrogens with one attached hydrogen (secondary N) is 1. The Morgan fingerprint density at radius 1 is 1.47 bits per heavy atom. The maximum absolute atomic E-state index is 5.90. The van der Waals surface area contributed by atoms with Crippen molar-refractivity contribution in [3.8, 4) is 0 Å². The van der Waals surface area contributed by atoms with Crippen molar-refractivity contribution in [1.82, 2.24) is 9.97 Å². The molecule has 2 aromatic rings. The van der Waals surface area contributed by atoms with Crippen LogP contribution in [0.15, 0.2) is 33.7 Å². The quantitative estimate of drug-likeness (QED) is 0.882. The molecule has 78 valence electrons. The lowest BCUT2D eigenvalue weighted by Gasteiger charge is -2.05. The molecule has 0 aliphatic carbocycles. The third kappa shape index (κ3) is 2.70. The van der Waals surface area contributed by atoms with E-state index in [0.717, 1.165) is 15.9 Å². The lowest BCUT2D eigenvalue weighted by Crippen LogP contribution is -1.99. The van der Waals surface area contributed by atoms with Gasteiger partial charge in [0.1, 0.15) is 5.76 Å². The van der Waals surface area contributed by atoms with Crippen molar-refractivity contribution in [2.45, 2.75) is 6.54 Å². The number of pyridine rings is 1. The first-order valence-corrected chi connectivity index (χ1v) is 5.35. The summed E-state index contributed by atoms with van der Waals surface area (Å²) in [6, 6.07) is 1.85. The van der Waals surface area contributed by atoms with Crippen LogP contribution in [0.25, 0.3) is 0 Å². The lowest BCUT2D eigenvalue weighted by molar-refractivity contribution is 0.511. The smallest absolute Gasteiger partial charge is 0.180 e. The standard InChI is InChI=1S/C9H7BrClN3O/c10-6-1-8(9(11)14-2-6)13-4-7-3-12-5-15-7/h1-3,5,13H,4H2. The van der Waals surface area contributed by atoms with Gasteiger partial charge in [0, 0.05) is 10.7 Å². The molecular weight excluding hydrogens is 281 g/mol. The zero-order valence-corrected chi connectivity index (χ0v) is 9.92. The Hall–Kier alpha value is -1.07. The molecule has 2 aromatic heterocycles. The molecule has 0 aliphatic heterocycles. The molecule has 0 aliphatic rings. The van der Waals surface area contributed by atoms with E-state index in [1.165, 1.54) is 6.39 Å². The monoisotopic (exact) mass is 287 g/mol. The van der Waals surface area contributed by atoms with Gasteiger partial charge in [-0.05, 0) is 22.0 Å². The normalized spacial score (nSPS) is 10.3. The molecule has 15 heavy (non-hydrogen) atoms. The number of halogens is 2. The zero-order valence-electron chi connectivity index (χ0n) is 7.58. The number of oxazole rings is 1. The van der Waals surface area contributed by atoms with E-state index < -0.39 is 0 Å². The van der Waals surface area contributed by atoms with E-state index >= 15 is 0 Å². The summed E-state index contributed by atoms with van der Waals surface area (Å²) in [4.78, 5) is 7.80. The maximum atomic E-state index is 5.90. The van der Waals surface area contributed by atoms with Gasteiger partial charge in [0.05, 0.1) is 18.4 Å². The minimum atomic E-state index is 0.428. The Bertz CT molecular complexity index is 447. The predicted octanol–water partition coefficient (Wildman–Crippen LogP) is 3.10. The van der Waals surface area contributed by atoms with E-state index in [4.69, 9.17) is 16.0 Å². The highest BCUT2D eigenvalue weighted by atomic mass is 79.9. The number of rotatable bonds is 3. The third-order valence-electron chi connectivity index (χ3n) is 1.74. The van der Waals surface area contributed by atoms with Crippen LogP contribution in [0, 0.1) is 0 Å². The van der Waals surface area contributed by atoms with Gasteiger partial charge < -0.3 is 9.73 Å². The van der Waals surface area contributed by atoms with Gasteiger partial charge in [-0.15, -0.1) is 0 Å². The summed E-state index contributed by atoms with van der Waals surface area (Å²) in [7, 11) is 0. The van der Waals surface area contributed by atoms with E-state index in [1.807, 2.05) is 6.07 Å². The summed E-state index contributed by atoms with van der Waals surface area (Å²) >= 11 is 9.21. The Balaban J connectivity index is 2.07. The van der Waals surface area contributed by atoms with E-state index in [-0.39, 0.29) is 0 Å². The molecule has 0 bridgehead atoms. The fourth-order valence-electron chi connectivity index (χ4n) is 1.06. The van der Waals surface area contributed by atoms with Crippen LogP contribution >= 0.6 is 27.5 Å². The summed E-state index contributed by atoms with van der Waals surface area (Å²) in [5.41, 5.74) is 0.752. The van der Waals surface area contributed by atoms with Crippen molar-refractivity contribution >= 4 is 33.2 Å². The molecule has 0 saturated heterocycles. The van der Waals surface area contributed by atoms with Crippen LogP contribution in [-0.2, 0) is 6.54 Å². The number of aromatic nitrogens is 2. The van der Waals surface area contributed by atoms with Gasteiger partial charge in [-0.3, -0.25) is 0 Å². The van der Waals surface area contributed by atoms with Crippen molar-refractivity contribution in [2.24, 2.45) is 0 Å². The average Bonchev–Trinajstić information content (AvgIpc) is 2.72. The van der Waals surface area contributed by atoms with Crippen molar-refractivity contribution in [3.05, 3.63) is 40.2 Å². The Labute approximate surface area is 99.8 Å². The Kier molecular flexibility index (Phi) is 3.23. The van der Waals surface area contributed by atoms with Crippen molar-refractivity contribution in [2.75, 3.05) is 5.32 Å². The first-order valence-electron chi connectivity index (χ1n) is 4.18. The summed E-state index contributed by atoms with van der Waals surface area (Å²) in [5.74, 6) is 0.742. The first-order chi connectivity index (χ1) is 7.25. The van der Waals surface area contributed by atoms with Crippen molar-refractivity contribution in [3.63, 3.8) is 0 Å². The number of anilines is 1. The highest BCUT2D eigenvalue weighted by Gasteiger charge is 2.03. The van der Waals surface area contributed by atoms with E-state index in [1.54, 1.807) is 12.4 Å². The molecule has 1 N–H and O–H groups in total. The molecule has 2 rings (SSSR count).